The molecule has 0 aliphatic carbocycles. The van der Waals surface area contributed by atoms with E-state index in [0.29, 0.717) is 11.4 Å². The van der Waals surface area contributed by atoms with E-state index in [2.05, 4.69) is 21.2 Å². The lowest BCUT2D eigenvalue weighted by Crippen LogP contribution is -2.20. The quantitative estimate of drug-likeness (QED) is 0.475. The number of nitrogens with one attached hydrogen (secondary N) is 1. The zero-order valence-corrected chi connectivity index (χ0v) is 16.3. The van der Waals surface area contributed by atoms with Gasteiger partial charge in [-0.3, -0.25) is 24.9 Å². The Morgan fingerprint density at radius 1 is 1.18 bits per heavy atom. The van der Waals surface area contributed by atoms with Crippen LogP contribution in [0.4, 0.5) is 16.2 Å². The zero-order chi connectivity index (χ0) is 20.3. The molecule has 1 amide bonds. The van der Waals surface area contributed by atoms with Crippen molar-refractivity contribution < 1.29 is 14.5 Å². The fourth-order valence-electron chi connectivity index (χ4n) is 2.65. The number of para-hydroxylation sites is 3. The van der Waals surface area contributed by atoms with Gasteiger partial charge in [-0.05, 0) is 34.1 Å². The van der Waals surface area contributed by atoms with Gasteiger partial charge in [-0.25, -0.2) is 9.48 Å². The molecule has 1 heterocycles. The molecule has 0 radical (unpaired) electrons. The predicted molar refractivity (Wildman–Crippen MR) is 106 cm³/mol. The van der Waals surface area contributed by atoms with Crippen molar-refractivity contribution in [2.45, 2.75) is 6.61 Å². The fraction of sp³-hybridized carbons (Fsp3) is 0.111. The minimum atomic E-state index is -0.874. The summed E-state index contributed by atoms with van der Waals surface area (Å²) in [5, 5.41) is 13.4. The summed E-state index contributed by atoms with van der Waals surface area (Å²) < 4.78 is 8.42. The number of nitro benzene ring substituents is 1. The Kier molecular flexibility index (Phi) is 5.59. The van der Waals surface area contributed by atoms with Crippen LogP contribution in [0.3, 0.4) is 0 Å². The van der Waals surface area contributed by atoms with Crippen LogP contribution in [0.5, 0.6) is 0 Å². The van der Waals surface area contributed by atoms with Gasteiger partial charge in [-0.2, -0.15) is 0 Å². The standard InChI is InChI=1S/C18H15BrN4O5/c1-21-15(16(19)17(24)22(21)12-7-3-2-4-8-12)11-28-18(25)20-13-9-5-6-10-14(13)23(26)27/h2-10H,11H2,1H3,(H,20,25). The maximum Gasteiger partial charge on any atom is 0.412 e. The van der Waals surface area contributed by atoms with Crippen molar-refractivity contribution in [2.75, 3.05) is 5.32 Å². The fourth-order valence-corrected chi connectivity index (χ4v) is 3.19. The Labute approximate surface area is 167 Å². The number of aromatic nitrogens is 2. The van der Waals surface area contributed by atoms with Gasteiger partial charge in [0.1, 0.15) is 16.8 Å². The van der Waals surface area contributed by atoms with Crippen molar-refractivity contribution in [1.82, 2.24) is 9.36 Å². The minimum Gasteiger partial charge on any atom is -0.443 e. The SMILES string of the molecule is Cn1c(COC(=O)Nc2ccccc2[N+](=O)[O-])c(Br)c(=O)n1-c1ccccc1. The Morgan fingerprint density at radius 3 is 2.50 bits per heavy atom. The smallest absolute Gasteiger partial charge is 0.412 e. The predicted octanol–water partition coefficient (Wildman–Crippen LogP) is 3.60. The molecule has 9 nitrogen and oxygen atoms in total. The van der Waals surface area contributed by atoms with E-state index in [1.54, 1.807) is 42.1 Å². The zero-order valence-electron chi connectivity index (χ0n) is 14.7. The highest BCUT2D eigenvalue weighted by Crippen LogP contribution is 2.23. The number of carbonyl (C=O) groups is 1. The molecule has 3 rings (SSSR count). The summed E-state index contributed by atoms with van der Waals surface area (Å²) in [5.74, 6) is 0. The third-order valence-corrected chi connectivity index (χ3v) is 4.80. The molecule has 144 valence electrons. The highest BCUT2D eigenvalue weighted by atomic mass is 79.9. The van der Waals surface area contributed by atoms with Crippen molar-refractivity contribution >= 4 is 33.4 Å². The van der Waals surface area contributed by atoms with Crippen LogP contribution >= 0.6 is 15.9 Å². The van der Waals surface area contributed by atoms with Gasteiger partial charge >= 0.3 is 6.09 Å². The van der Waals surface area contributed by atoms with Crippen molar-refractivity contribution in [3.05, 3.63) is 85.2 Å². The Bertz CT molecular complexity index is 1090. The van der Waals surface area contributed by atoms with Crippen LogP contribution in [-0.4, -0.2) is 20.4 Å². The molecule has 10 heteroatoms. The van der Waals surface area contributed by atoms with Crippen molar-refractivity contribution in [2.24, 2.45) is 7.05 Å². The van der Waals surface area contributed by atoms with Crippen molar-refractivity contribution in [3.8, 4) is 5.69 Å². The molecule has 0 saturated heterocycles. The summed E-state index contributed by atoms with van der Waals surface area (Å²) >= 11 is 3.24. The number of hydrogen-bond acceptors (Lipinski definition) is 5. The van der Waals surface area contributed by atoms with Crippen LogP contribution in [0.1, 0.15) is 5.69 Å². The van der Waals surface area contributed by atoms with Gasteiger partial charge < -0.3 is 4.74 Å². The van der Waals surface area contributed by atoms with Gasteiger partial charge in [0.15, 0.2) is 0 Å². The number of nitro groups is 1. The van der Waals surface area contributed by atoms with Crippen LogP contribution < -0.4 is 10.9 Å². The number of amides is 1. The molecule has 0 aliphatic heterocycles. The van der Waals surface area contributed by atoms with Gasteiger partial charge in [0.2, 0.25) is 0 Å². The van der Waals surface area contributed by atoms with E-state index in [-0.39, 0.29) is 28.0 Å². The maximum atomic E-state index is 12.5. The molecule has 2 aromatic carbocycles. The molecule has 0 unspecified atom stereocenters. The summed E-state index contributed by atoms with van der Waals surface area (Å²) in [7, 11) is 1.66. The van der Waals surface area contributed by atoms with Crippen LogP contribution in [-0.2, 0) is 18.4 Å². The molecule has 0 aliphatic rings. The molecule has 0 saturated carbocycles. The second kappa shape index (κ2) is 8.09. The summed E-state index contributed by atoms with van der Waals surface area (Å²) in [6.07, 6.45) is -0.874. The van der Waals surface area contributed by atoms with Crippen molar-refractivity contribution in [1.29, 1.82) is 0 Å². The topological polar surface area (TPSA) is 108 Å². The lowest BCUT2D eigenvalue weighted by molar-refractivity contribution is -0.383. The van der Waals surface area contributed by atoms with Crippen molar-refractivity contribution in [3.63, 3.8) is 0 Å². The minimum absolute atomic E-state index is 0.0207. The first-order chi connectivity index (χ1) is 13.4. The highest BCUT2D eigenvalue weighted by Gasteiger charge is 2.20. The van der Waals surface area contributed by atoms with E-state index < -0.39 is 11.0 Å². The number of benzene rings is 2. The average Bonchev–Trinajstić information content (AvgIpc) is 2.89. The van der Waals surface area contributed by atoms with Gasteiger partial charge in [-0.1, -0.05) is 30.3 Å². The van der Waals surface area contributed by atoms with Crippen LogP contribution in [0.25, 0.3) is 5.69 Å². The molecule has 0 atom stereocenters. The molecule has 28 heavy (non-hydrogen) atoms. The molecule has 0 spiro atoms. The van der Waals surface area contributed by atoms with Crippen LogP contribution in [0.15, 0.2) is 63.9 Å². The average molecular weight is 447 g/mol. The first-order valence-electron chi connectivity index (χ1n) is 8.09. The van der Waals surface area contributed by atoms with Gasteiger partial charge in [0, 0.05) is 13.1 Å². The van der Waals surface area contributed by atoms with Gasteiger partial charge in [0.05, 0.1) is 16.3 Å². The van der Waals surface area contributed by atoms with Gasteiger partial charge in [-0.15, -0.1) is 0 Å². The van der Waals surface area contributed by atoms with E-state index in [9.17, 15) is 19.7 Å². The first kappa shape index (κ1) is 19.4. The largest absolute Gasteiger partial charge is 0.443 e. The van der Waals surface area contributed by atoms with E-state index in [1.807, 2.05) is 6.07 Å². The summed E-state index contributed by atoms with van der Waals surface area (Å²) in [4.78, 5) is 35.0. The van der Waals surface area contributed by atoms with Crippen LogP contribution in [0.2, 0.25) is 0 Å². The van der Waals surface area contributed by atoms with E-state index in [4.69, 9.17) is 4.74 Å². The van der Waals surface area contributed by atoms with Gasteiger partial charge in [0.25, 0.3) is 11.2 Å². The summed E-state index contributed by atoms with van der Waals surface area (Å²) in [5.41, 5.74) is 0.569. The molecule has 0 bridgehead atoms. The third kappa shape index (κ3) is 3.81. The summed E-state index contributed by atoms with van der Waals surface area (Å²) in [6, 6.07) is 14.7. The lowest BCUT2D eigenvalue weighted by Gasteiger charge is -2.11. The molecular formula is C18H15BrN4O5. The number of ether oxygens (including phenoxy) is 1. The monoisotopic (exact) mass is 446 g/mol. The Morgan fingerprint density at radius 2 is 1.82 bits per heavy atom. The van der Waals surface area contributed by atoms with E-state index >= 15 is 0 Å². The molecular weight excluding hydrogens is 432 g/mol. The number of anilines is 1. The Hall–Kier alpha value is -3.40. The first-order valence-corrected chi connectivity index (χ1v) is 8.88. The molecule has 3 aromatic rings. The molecule has 1 N–H and O–H groups in total. The number of nitrogens with zero attached hydrogens (tertiary/aromatic N) is 3. The number of carbonyl (C=O) groups excluding carboxylic acids is 1. The van der Waals surface area contributed by atoms with E-state index in [0.717, 1.165) is 0 Å². The normalized spacial score (nSPS) is 10.5. The second-order valence-corrected chi connectivity index (χ2v) is 6.51. The Balaban J connectivity index is 1.78. The van der Waals surface area contributed by atoms with E-state index in [1.165, 1.54) is 22.9 Å². The third-order valence-electron chi connectivity index (χ3n) is 4.00. The molecule has 1 aromatic heterocycles. The number of halogens is 1. The van der Waals surface area contributed by atoms with Crippen LogP contribution in [0, 0.1) is 10.1 Å². The maximum absolute atomic E-state index is 12.5. The number of rotatable bonds is 5. The number of hydrogen-bond donors (Lipinski definition) is 1. The summed E-state index contributed by atoms with van der Waals surface area (Å²) in [6.45, 7) is -0.210. The lowest BCUT2D eigenvalue weighted by atomic mass is 10.3. The second-order valence-electron chi connectivity index (χ2n) is 5.71. The highest BCUT2D eigenvalue weighted by molar-refractivity contribution is 9.10. The molecule has 0 fully saturated rings.